The number of methoxy groups -OCH3 is 1. The standard InChI is InChI=1S/C13H7ClN4O2/c1-20-13(19)8-2-3-10(14)11(4-8)18-12(7-17)9(5-15)6-16/h2-4,18H,1H3. The van der Waals surface area contributed by atoms with Gasteiger partial charge in [0, 0.05) is 0 Å². The molecule has 7 heteroatoms. The van der Waals surface area contributed by atoms with Gasteiger partial charge in [0.1, 0.15) is 23.9 Å². The molecule has 0 aliphatic heterocycles. The van der Waals surface area contributed by atoms with Crippen molar-refractivity contribution < 1.29 is 9.53 Å². The van der Waals surface area contributed by atoms with E-state index in [1.54, 1.807) is 18.2 Å². The molecule has 1 rings (SSSR count). The lowest BCUT2D eigenvalue weighted by Gasteiger charge is -2.08. The highest BCUT2D eigenvalue weighted by Crippen LogP contribution is 2.25. The molecule has 0 unspecified atom stereocenters. The molecule has 0 fully saturated rings. The molecule has 98 valence electrons. The molecule has 0 saturated carbocycles. The van der Waals surface area contributed by atoms with E-state index in [0.717, 1.165) is 0 Å². The van der Waals surface area contributed by atoms with Gasteiger partial charge in [0.2, 0.25) is 0 Å². The van der Waals surface area contributed by atoms with Gasteiger partial charge in [-0.05, 0) is 18.2 Å². The van der Waals surface area contributed by atoms with E-state index in [0.29, 0.717) is 0 Å². The van der Waals surface area contributed by atoms with Crippen LogP contribution in [0.3, 0.4) is 0 Å². The summed E-state index contributed by atoms with van der Waals surface area (Å²) in [5, 5.41) is 29.2. The molecule has 0 aliphatic carbocycles. The molecule has 1 aromatic carbocycles. The van der Waals surface area contributed by atoms with Crippen LogP contribution in [-0.4, -0.2) is 13.1 Å². The second-order valence-electron chi connectivity index (χ2n) is 3.40. The van der Waals surface area contributed by atoms with Crippen LogP contribution in [0.25, 0.3) is 0 Å². The zero-order chi connectivity index (χ0) is 15.1. The van der Waals surface area contributed by atoms with Crippen LogP contribution in [0.4, 0.5) is 5.69 Å². The molecular weight excluding hydrogens is 280 g/mol. The number of carbonyl (C=O) groups excluding carboxylic acids is 1. The number of nitrogens with one attached hydrogen (secondary N) is 1. The summed E-state index contributed by atoms with van der Waals surface area (Å²) in [7, 11) is 1.23. The van der Waals surface area contributed by atoms with Gasteiger partial charge in [-0.15, -0.1) is 0 Å². The summed E-state index contributed by atoms with van der Waals surface area (Å²) in [5.74, 6) is -0.576. The van der Waals surface area contributed by atoms with Gasteiger partial charge < -0.3 is 10.1 Å². The highest BCUT2D eigenvalue weighted by Gasteiger charge is 2.12. The number of anilines is 1. The molecule has 0 aliphatic rings. The molecule has 0 saturated heterocycles. The number of esters is 1. The second kappa shape index (κ2) is 6.80. The summed E-state index contributed by atoms with van der Waals surface area (Å²) in [4.78, 5) is 11.4. The minimum atomic E-state index is -0.576. The molecule has 0 amide bonds. The second-order valence-corrected chi connectivity index (χ2v) is 3.80. The van der Waals surface area contributed by atoms with Crippen LogP contribution in [-0.2, 0) is 4.74 Å². The van der Waals surface area contributed by atoms with Crippen molar-refractivity contribution in [2.45, 2.75) is 0 Å². The van der Waals surface area contributed by atoms with Crippen molar-refractivity contribution in [2.75, 3.05) is 12.4 Å². The highest BCUT2D eigenvalue weighted by molar-refractivity contribution is 6.33. The van der Waals surface area contributed by atoms with E-state index >= 15 is 0 Å². The molecule has 1 N–H and O–H groups in total. The Morgan fingerprint density at radius 3 is 2.40 bits per heavy atom. The summed E-state index contributed by atoms with van der Waals surface area (Å²) in [6.07, 6.45) is 0. The number of hydrogen-bond acceptors (Lipinski definition) is 6. The predicted molar refractivity (Wildman–Crippen MR) is 70.3 cm³/mol. The Balaban J connectivity index is 3.26. The molecule has 0 aromatic heterocycles. The molecule has 6 nitrogen and oxygen atoms in total. The number of benzene rings is 1. The van der Waals surface area contributed by atoms with Crippen LogP contribution in [0.2, 0.25) is 5.02 Å². The van der Waals surface area contributed by atoms with Crippen LogP contribution in [0.15, 0.2) is 29.5 Å². The van der Waals surface area contributed by atoms with E-state index < -0.39 is 5.97 Å². The van der Waals surface area contributed by atoms with Crippen LogP contribution in [0.1, 0.15) is 10.4 Å². The van der Waals surface area contributed by atoms with Crippen molar-refractivity contribution in [2.24, 2.45) is 0 Å². The fourth-order valence-electron chi connectivity index (χ4n) is 1.28. The van der Waals surface area contributed by atoms with Crippen LogP contribution in [0.5, 0.6) is 0 Å². The maximum atomic E-state index is 11.4. The third kappa shape index (κ3) is 3.26. The third-order valence-corrected chi connectivity index (χ3v) is 2.56. The maximum Gasteiger partial charge on any atom is 0.337 e. The predicted octanol–water partition coefficient (Wildman–Crippen LogP) is 2.36. The molecule has 0 bridgehead atoms. The third-order valence-electron chi connectivity index (χ3n) is 2.23. The van der Waals surface area contributed by atoms with Crippen molar-refractivity contribution in [3.63, 3.8) is 0 Å². The number of allylic oxidation sites excluding steroid dienone is 2. The number of nitriles is 3. The number of halogens is 1. The monoisotopic (exact) mass is 286 g/mol. The Morgan fingerprint density at radius 2 is 1.90 bits per heavy atom. The number of hydrogen-bond donors (Lipinski definition) is 1. The Kier molecular flexibility index (Phi) is 5.12. The van der Waals surface area contributed by atoms with Gasteiger partial charge in [-0.1, -0.05) is 11.6 Å². The fourth-order valence-corrected chi connectivity index (χ4v) is 1.45. The quantitative estimate of drug-likeness (QED) is 0.674. The first-order valence-electron chi connectivity index (χ1n) is 5.16. The van der Waals surface area contributed by atoms with E-state index in [9.17, 15) is 4.79 Å². The molecule has 1 aromatic rings. The smallest absolute Gasteiger partial charge is 0.337 e. The van der Waals surface area contributed by atoms with E-state index in [2.05, 4.69) is 10.1 Å². The van der Waals surface area contributed by atoms with Gasteiger partial charge >= 0.3 is 5.97 Å². The molecule has 0 spiro atoms. The summed E-state index contributed by atoms with van der Waals surface area (Å²) >= 11 is 5.92. The minimum absolute atomic E-state index is 0.215. The topological polar surface area (TPSA) is 110 Å². The van der Waals surface area contributed by atoms with Crippen molar-refractivity contribution in [3.8, 4) is 18.2 Å². The average Bonchev–Trinajstić information content (AvgIpc) is 2.48. The first-order valence-corrected chi connectivity index (χ1v) is 5.54. The molecule has 20 heavy (non-hydrogen) atoms. The normalized spacial score (nSPS) is 8.55. The number of nitrogens with zero attached hydrogens (tertiary/aromatic N) is 3. The summed E-state index contributed by atoms with van der Waals surface area (Å²) in [5.41, 5.74) is -0.202. The van der Waals surface area contributed by atoms with E-state index in [-0.39, 0.29) is 27.5 Å². The molecule has 0 radical (unpaired) electrons. The zero-order valence-electron chi connectivity index (χ0n) is 10.3. The van der Waals surface area contributed by atoms with Gasteiger partial charge in [0.05, 0.1) is 23.4 Å². The van der Waals surface area contributed by atoms with E-state index in [4.69, 9.17) is 27.4 Å². The minimum Gasteiger partial charge on any atom is -0.465 e. The van der Waals surface area contributed by atoms with Gasteiger partial charge in [-0.3, -0.25) is 0 Å². The van der Waals surface area contributed by atoms with E-state index in [1.807, 2.05) is 0 Å². The maximum absolute atomic E-state index is 11.4. The SMILES string of the molecule is COC(=O)c1ccc(Cl)c(NC(C#N)=C(C#N)C#N)c1. The molecule has 0 heterocycles. The first-order chi connectivity index (χ1) is 9.57. The van der Waals surface area contributed by atoms with Gasteiger partial charge in [0.15, 0.2) is 5.57 Å². The van der Waals surface area contributed by atoms with Gasteiger partial charge in [0.25, 0.3) is 0 Å². The van der Waals surface area contributed by atoms with Crippen LogP contribution >= 0.6 is 11.6 Å². The van der Waals surface area contributed by atoms with Crippen LogP contribution in [0, 0.1) is 34.0 Å². The summed E-state index contributed by atoms with van der Waals surface area (Å²) in [6, 6.07) is 9.11. The van der Waals surface area contributed by atoms with Crippen molar-refractivity contribution in [3.05, 3.63) is 40.1 Å². The van der Waals surface area contributed by atoms with Crippen molar-refractivity contribution >= 4 is 23.3 Å². The Labute approximate surface area is 120 Å². The summed E-state index contributed by atoms with van der Waals surface area (Å²) in [6.45, 7) is 0. The lowest BCUT2D eigenvalue weighted by molar-refractivity contribution is 0.0601. The number of ether oxygens (including phenoxy) is 1. The largest absolute Gasteiger partial charge is 0.465 e. The first kappa shape index (κ1) is 15.0. The van der Waals surface area contributed by atoms with Gasteiger partial charge in [-0.25, -0.2) is 4.79 Å². The Morgan fingerprint density at radius 1 is 1.25 bits per heavy atom. The number of rotatable bonds is 3. The van der Waals surface area contributed by atoms with Gasteiger partial charge in [-0.2, -0.15) is 15.8 Å². The van der Waals surface area contributed by atoms with Crippen molar-refractivity contribution in [1.82, 2.24) is 0 Å². The van der Waals surface area contributed by atoms with E-state index in [1.165, 1.54) is 25.3 Å². The van der Waals surface area contributed by atoms with Crippen molar-refractivity contribution in [1.29, 1.82) is 15.8 Å². The Hall–Kier alpha value is -3.01. The lowest BCUT2D eigenvalue weighted by atomic mass is 10.2. The summed E-state index contributed by atoms with van der Waals surface area (Å²) < 4.78 is 4.56. The Bertz CT molecular complexity index is 689. The lowest BCUT2D eigenvalue weighted by Crippen LogP contribution is -2.05. The highest BCUT2D eigenvalue weighted by atomic mass is 35.5. The number of carbonyl (C=O) groups is 1. The fraction of sp³-hybridized carbons (Fsp3) is 0.0769. The van der Waals surface area contributed by atoms with Crippen LogP contribution < -0.4 is 5.32 Å². The zero-order valence-corrected chi connectivity index (χ0v) is 11.0. The average molecular weight is 287 g/mol. The molecular formula is C13H7ClN4O2. The molecule has 0 atom stereocenters.